The fourth-order valence-electron chi connectivity index (χ4n) is 2.81. The van der Waals surface area contributed by atoms with E-state index in [1.807, 2.05) is 55.5 Å². The molecule has 0 bridgehead atoms. The summed E-state index contributed by atoms with van der Waals surface area (Å²) >= 11 is 6.05. The van der Waals surface area contributed by atoms with Gasteiger partial charge in [-0.1, -0.05) is 54.1 Å². The molecule has 3 aromatic rings. The molecule has 1 unspecified atom stereocenters. The average Bonchev–Trinajstić information content (AvgIpc) is 3.16. The van der Waals surface area contributed by atoms with E-state index in [0.717, 1.165) is 21.7 Å². The van der Waals surface area contributed by atoms with Crippen molar-refractivity contribution in [3.63, 3.8) is 0 Å². The van der Waals surface area contributed by atoms with Crippen LogP contribution >= 0.6 is 11.6 Å². The molecule has 134 valence electrons. The van der Waals surface area contributed by atoms with E-state index >= 15 is 0 Å². The number of nitrogens with zero attached hydrogens (tertiary/aromatic N) is 3. The van der Waals surface area contributed by atoms with Crippen LogP contribution < -0.4 is 5.32 Å². The summed E-state index contributed by atoms with van der Waals surface area (Å²) in [7, 11) is 0. The number of carbonyl (C=O) groups is 1. The standard InChI is InChI=1S/C20H21ClN4O/c1-15-13-16(7-9-18(15)21)8-10-20(26)24-19(14-25-22-11-12-23-25)17-5-3-2-4-6-17/h2-7,9,11-13,19H,8,10,14H2,1H3,(H,24,26). The molecule has 0 saturated carbocycles. The quantitative estimate of drug-likeness (QED) is 0.691. The molecular formula is C20H21ClN4O. The molecule has 0 aliphatic rings. The minimum absolute atomic E-state index is 0.00128. The lowest BCUT2D eigenvalue weighted by atomic mass is 10.0. The highest BCUT2D eigenvalue weighted by molar-refractivity contribution is 6.31. The Morgan fingerprint density at radius 3 is 2.58 bits per heavy atom. The third kappa shape index (κ3) is 4.92. The summed E-state index contributed by atoms with van der Waals surface area (Å²) in [6.45, 7) is 2.46. The fraction of sp³-hybridized carbons (Fsp3) is 0.250. The van der Waals surface area contributed by atoms with Gasteiger partial charge in [-0.05, 0) is 36.1 Å². The lowest BCUT2D eigenvalue weighted by Gasteiger charge is -2.19. The van der Waals surface area contributed by atoms with Crippen LogP contribution in [0.5, 0.6) is 0 Å². The molecule has 1 heterocycles. The van der Waals surface area contributed by atoms with Crippen molar-refractivity contribution in [2.75, 3.05) is 0 Å². The summed E-state index contributed by atoms with van der Waals surface area (Å²) in [4.78, 5) is 14.1. The Morgan fingerprint density at radius 1 is 1.15 bits per heavy atom. The number of aryl methyl sites for hydroxylation is 2. The summed E-state index contributed by atoms with van der Waals surface area (Å²) in [6.07, 6.45) is 4.35. The van der Waals surface area contributed by atoms with Crippen LogP contribution in [0.25, 0.3) is 0 Å². The number of amides is 1. The molecule has 2 aromatic carbocycles. The Bertz CT molecular complexity index is 850. The van der Waals surface area contributed by atoms with Crippen molar-refractivity contribution in [2.45, 2.75) is 32.4 Å². The van der Waals surface area contributed by atoms with Gasteiger partial charge in [-0.25, -0.2) is 0 Å². The first-order chi connectivity index (χ1) is 12.6. The van der Waals surface area contributed by atoms with Gasteiger partial charge in [0.15, 0.2) is 0 Å². The SMILES string of the molecule is Cc1cc(CCC(=O)NC(Cn2nccn2)c2ccccc2)ccc1Cl. The monoisotopic (exact) mass is 368 g/mol. The zero-order valence-corrected chi connectivity index (χ0v) is 15.4. The van der Waals surface area contributed by atoms with E-state index in [-0.39, 0.29) is 11.9 Å². The van der Waals surface area contributed by atoms with E-state index < -0.39 is 0 Å². The first-order valence-electron chi connectivity index (χ1n) is 8.55. The summed E-state index contributed by atoms with van der Waals surface area (Å²) in [5.41, 5.74) is 3.16. The number of benzene rings is 2. The molecule has 0 fully saturated rings. The van der Waals surface area contributed by atoms with Gasteiger partial charge >= 0.3 is 0 Å². The molecule has 0 aliphatic heterocycles. The fourth-order valence-corrected chi connectivity index (χ4v) is 2.92. The lowest BCUT2D eigenvalue weighted by Crippen LogP contribution is -2.32. The van der Waals surface area contributed by atoms with Gasteiger partial charge in [0.2, 0.25) is 5.91 Å². The van der Waals surface area contributed by atoms with Gasteiger partial charge in [0.05, 0.1) is 25.0 Å². The summed E-state index contributed by atoms with van der Waals surface area (Å²) in [6, 6.07) is 15.6. The zero-order chi connectivity index (χ0) is 18.4. The molecule has 0 saturated heterocycles. The molecule has 26 heavy (non-hydrogen) atoms. The molecule has 1 amide bonds. The third-order valence-corrected chi connectivity index (χ3v) is 4.64. The Hall–Kier alpha value is -2.66. The number of halogens is 1. The predicted octanol–water partition coefficient (Wildman–Crippen LogP) is 3.73. The van der Waals surface area contributed by atoms with E-state index in [1.54, 1.807) is 17.2 Å². The minimum Gasteiger partial charge on any atom is -0.347 e. The second-order valence-corrected chi connectivity index (χ2v) is 6.61. The van der Waals surface area contributed by atoms with E-state index in [4.69, 9.17) is 11.6 Å². The molecular weight excluding hydrogens is 348 g/mol. The van der Waals surface area contributed by atoms with Gasteiger partial charge in [-0.3, -0.25) is 4.79 Å². The summed E-state index contributed by atoms with van der Waals surface area (Å²) in [5, 5.41) is 12.1. The van der Waals surface area contributed by atoms with Gasteiger partial charge in [0.25, 0.3) is 0 Å². The van der Waals surface area contributed by atoms with Crippen molar-refractivity contribution in [3.8, 4) is 0 Å². The highest BCUT2D eigenvalue weighted by Crippen LogP contribution is 2.18. The molecule has 0 aliphatic carbocycles. The largest absolute Gasteiger partial charge is 0.347 e. The van der Waals surface area contributed by atoms with Crippen molar-refractivity contribution in [1.82, 2.24) is 20.3 Å². The highest BCUT2D eigenvalue weighted by atomic mass is 35.5. The second-order valence-electron chi connectivity index (χ2n) is 6.20. The van der Waals surface area contributed by atoms with Crippen molar-refractivity contribution < 1.29 is 4.79 Å². The first kappa shape index (κ1) is 18.1. The maximum absolute atomic E-state index is 12.5. The zero-order valence-electron chi connectivity index (χ0n) is 14.6. The van der Waals surface area contributed by atoms with Crippen LogP contribution in [0, 0.1) is 6.92 Å². The molecule has 6 heteroatoms. The van der Waals surface area contributed by atoms with Crippen LogP contribution in [0.2, 0.25) is 5.02 Å². The second kappa shape index (κ2) is 8.63. The first-order valence-corrected chi connectivity index (χ1v) is 8.93. The maximum atomic E-state index is 12.5. The van der Waals surface area contributed by atoms with Gasteiger partial charge in [0.1, 0.15) is 0 Å². The van der Waals surface area contributed by atoms with Crippen LogP contribution in [0.4, 0.5) is 0 Å². The normalized spacial score (nSPS) is 11.9. The molecule has 5 nitrogen and oxygen atoms in total. The van der Waals surface area contributed by atoms with Crippen LogP contribution in [0.15, 0.2) is 60.9 Å². The predicted molar refractivity (Wildman–Crippen MR) is 102 cm³/mol. The van der Waals surface area contributed by atoms with E-state index in [1.165, 1.54) is 0 Å². The molecule has 0 radical (unpaired) electrons. The smallest absolute Gasteiger partial charge is 0.220 e. The molecule has 3 rings (SSSR count). The van der Waals surface area contributed by atoms with Crippen molar-refractivity contribution in [2.24, 2.45) is 0 Å². The molecule has 1 N–H and O–H groups in total. The molecule has 0 spiro atoms. The Labute approximate surface area is 158 Å². The average molecular weight is 369 g/mol. The number of carbonyl (C=O) groups excluding carboxylic acids is 1. The number of hydrogen-bond donors (Lipinski definition) is 1. The number of nitrogens with one attached hydrogen (secondary N) is 1. The van der Waals surface area contributed by atoms with E-state index in [2.05, 4.69) is 15.5 Å². The van der Waals surface area contributed by atoms with Gasteiger partial charge < -0.3 is 5.32 Å². The van der Waals surface area contributed by atoms with Crippen LogP contribution in [-0.2, 0) is 17.8 Å². The molecule has 1 aromatic heterocycles. The molecule has 1 atom stereocenters. The number of aromatic nitrogens is 3. The van der Waals surface area contributed by atoms with Crippen molar-refractivity contribution in [1.29, 1.82) is 0 Å². The van der Waals surface area contributed by atoms with Crippen LogP contribution in [0.3, 0.4) is 0 Å². The van der Waals surface area contributed by atoms with Gasteiger partial charge in [0, 0.05) is 11.4 Å². The van der Waals surface area contributed by atoms with Gasteiger partial charge in [-0.2, -0.15) is 15.0 Å². The van der Waals surface area contributed by atoms with Crippen LogP contribution in [0.1, 0.15) is 29.2 Å². The van der Waals surface area contributed by atoms with E-state index in [0.29, 0.717) is 19.4 Å². The summed E-state index contributed by atoms with van der Waals surface area (Å²) in [5.74, 6) is -0.00128. The Morgan fingerprint density at radius 2 is 1.88 bits per heavy atom. The summed E-state index contributed by atoms with van der Waals surface area (Å²) < 4.78 is 0. The topological polar surface area (TPSA) is 59.8 Å². The van der Waals surface area contributed by atoms with Gasteiger partial charge in [-0.15, -0.1) is 0 Å². The number of rotatable bonds is 7. The maximum Gasteiger partial charge on any atom is 0.220 e. The lowest BCUT2D eigenvalue weighted by molar-refractivity contribution is -0.121. The minimum atomic E-state index is -0.178. The number of hydrogen-bond acceptors (Lipinski definition) is 3. The van der Waals surface area contributed by atoms with Crippen molar-refractivity contribution >= 4 is 17.5 Å². The van der Waals surface area contributed by atoms with Crippen molar-refractivity contribution in [3.05, 3.63) is 82.6 Å². The third-order valence-electron chi connectivity index (χ3n) is 4.21. The van der Waals surface area contributed by atoms with Crippen LogP contribution in [-0.4, -0.2) is 20.9 Å². The Balaban J connectivity index is 1.64. The van der Waals surface area contributed by atoms with E-state index in [9.17, 15) is 4.79 Å². The highest BCUT2D eigenvalue weighted by Gasteiger charge is 2.16. The Kier molecular flexibility index (Phi) is 6.02.